The number of benzene rings is 1. The van der Waals surface area contributed by atoms with Crippen LogP contribution in [0, 0.1) is 0 Å². The van der Waals surface area contributed by atoms with Crippen molar-refractivity contribution >= 4 is 17.8 Å². The summed E-state index contributed by atoms with van der Waals surface area (Å²) < 4.78 is 4.74. The van der Waals surface area contributed by atoms with Gasteiger partial charge in [0.05, 0.1) is 12.7 Å². The summed E-state index contributed by atoms with van der Waals surface area (Å²) in [5.41, 5.74) is 3.32. The van der Waals surface area contributed by atoms with E-state index in [-0.39, 0.29) is 5.97 Å². The van der Waals surface area contributed by atoms with Crippen LogP contribution in [0.2, 0.25) is 0 Å². The average Bonchev–Trinajstić information content (AvgIpc) is 2.50. The molecule has 0 N–H and O–H groups in total. The fraction of sp³-hybridized carbons (Fsp3) is 0.412. The molecule has 0 radical (unpaired) electrons. The van der Waals surface area contributed by atoms with Crippen molar-refractivity contribution in [3.05, 3.63) is 41.0 Å². The van der Waals surface area contributed by atoms with Crippen LogP contribution in [0.3, 0.4) is 0 Å². The van der Waals surface area contributed by atoms with Crippen molar-refractivity contribution in [2.45, 2.75) is 39.5 Å². The van der Waals surface area contributed by atoms with Gasteiger partial charge in [0.25, 0.3) is 0 Å². The van der Waals surface area contributed by atoms with Gasteiger partial charge in [0.1, 0.15) is 6.29 Å². The molecule has 0 saturated heterocycles. The number of hydrogen-bond acceptors (Lipinski definition) is 3. The molecular weight excluding hydrogens is 252 g/mol. The second kappa shape index (κ2) is 8.31. The van der Waals surface area contributed by atoms with Crippen LogP contribution in [0.15, 0.2) is 29.8 Å². The summed E-state index contributed by atoms with van der Waals surface area (Å²) in [6, 6.07) is 7.29. The number of carbonyl (C=O) groups is 2. The molecule has 0 bridgehead atoms. The fourth-order valence-corrected chi connectivity index (χ4v) is 2.24. The van der Waals surface area contributed by atoms with Gasteiger partial charge >= 0.3 is 5.97 Å². The number of allylic oxidation sites excluding steroid dienone is 2. The Morgan fingerprint density at radius 3 is 2.35 bits per heavy atom. The Hall–Kier alpha value is -1.90. The van der Waals surface area contributed by atoms with Gasteiger partial charge in [-0.05, 0) is 41.7 Å². The molecule has 0 aliphatic carbocycles. The summed E-state index contributed by atoms with van der Waals surface area (Å²) in [6.07, 6.45) is 4.43. The molecule has 108 valence electrons. The van der Waals surface area contributed by atoms with Gasteiger partial charge in [0.15, 0.2) is 0 Å². The lowest BCUT2D eigenvalue weighted by Crippen LogP contribution is -2.02. The zero-order valence-electron chi connectivity index (χ0n) is 12.4. The van der Waals surface area contributed by atoms with Crippen LogP contribution in [0.25, 0.3) is 5.57 Å². The van der Waals surface area contributed by atoms with Crippen LogP contribution < -0.4 is 0 Å². The first kappa shape index (κ1) is 16.2. The number of aldehydes is 1. The molecular formula is C17H22O3. The molecule has 1 aromatic carbocycles. The van der Waals surface area contributed by atoms with E-state index in [2.05, 4.69) is 13.8 Å². The zero-order valence-corrected chi connectivity index (χ0v) is 12.4. The first-order valence-electron chi connectivity index (χ1n) is 7.03. The fourth-order valence-electron chi connectivity index (χ4n) is 2.24. The number of esters is 1. The van der Waals surface area contributed by atoms with Gasteiger partial charge in [0, 0.05) is 0 Å². The van der Waals surface area contributed by atoms with Crippen LogP contribution in [0.5, 0.6) is 0 Å². The Morgan fingerprint density at radius 1 is 1.15 bits per heavy atom. The van der Waals surface area contributed by atoms with Crippen molar-refractivity contribution in [1.29, 1.82) is 0 Å². The van der Waals surface area contributed by atoms with Crippen molar-refractivity contribution < 1.29 is 14.3 Å². The van der Waals surface area contributed by atoms with E-state index in [1.807, 2.05) is 12.1 Å². The molecule has 1 rings (SSSR count). The Labute approximate surface area is 120 Å². The predicted octanol–water partition coefficient (Wildman–Crippen LogP) is 4.03. The Bertz CT molecular complexity index is 501. The molecule has 0 unspecified atom stereocenters. The second-order valence-corrected chi connectivity index (χ2v) is 4.69. The van der Waals surface area contributed by atoms with E-state index in [9.17, 15) is 9.59 Å². The summed E-state index contributed by atoms with van der Waals surface area (Å²) in [4.78, 5) is 22.9. The van der Waals surface area contributed by atoms with Gasteiger partial charge in [-0.1, -0.05) is 38.8 Å². The van der Waals surface area contributed by atoms with Gasteiger partial charge in [-0.25, -0.2) is 4.79 Å². The van der Waals surface area contributed by atoms with Gasteiger partial charge in [-0.15, -0.1) is 0 Å². The van der Waals surface area contributed by atoms with Crippen LogP contribution in [-0.4, -0.2) is 19.4 Å². The third-order valence-corrected chi connectivity index (χ3v) is 3.18. The van der Waals surface area contributed by atoms with Crippen molar-refractivity contribution in [3.8, 4) is 0 Å². The number of hydrogen-bond donors (Lipinski definition) is 0. The summed E-state index contributed by atoms with van der Waals surface area (Å²) in [6.45, 7) is 4.14. The molecule has 0 spiro atoms. The van der Waals surface area contributed by atoms with Gasteiger partial charge < -0.3 is 4.74 Å². The number of carbonyl (C=O) groups excluding carboxylic acids is 2. The van der Waals surface area contributed by atoms with Crippen molar-refractivity contribution in [2.24, 2.45) is 0 Å². The van der Waals surface area contributed by atoms with E-state index in [0.717, 1.165) is 48.7 Å². The number of methoxy groups -OCH3 is 1. The van der Waals surface area contributed by atoms with E-state index in [1.165, 1.54) is 7.11 Å². The molecule has 0 aliphatic heterocycles. The normalized spacial score (nSPS) is 11.8. The quantitative estimate of drug-likeness (QED) is 0.428. The molecule has 0 aromatic heterocycles. The monoisotopic (exact) mass is 274 g/mol. The first-order chi connectivity index (χ1) is 9.67. The van der Waals surface area contributed by atoms with Crippen LogP contribution in [-0.2, 0) is 9.53 Å². The topological polar surface area (TPSA) is 43.4 Å². The van der Waals surface area contributed by atoms with Crippen molar-refractivity contribution in [3.63, 3.8) is 0 Å². The molecule has 0 atom stereocenters. The minimum Gasteiger partial charge on any atom is -0.465 e. The maximum Gasteiger partial charge on any atom is 0.337 e. The van der Waals surface area contributed by atoms with E-state index >= 15 is 0 Å². The lowest BCUT2D eigenvalue weighted by atomic mass is 9.93. The first-order valence-corrected chi connectivity index (χ1v) is 7.03. The van der Waals surface area contributed by atoms with Crippen LogP contribution >= 0.6 is 0 Å². The molecule has 3 nitrogen and oxygen atoms in total. The van der Waals surface area contributed by atoms with E-state index < -0.39 is 0 Å². The highest BCUT2D eigenvalue weighted by molar-refractivity contribution is 5.92. The predicted molar refractivity (Wildman–Crippen MR) is 80.6 cm³/mol. The lowest BCUT2D eigenvalue weighted by molar-refractivity contribution is -0.105. The molecule has 0 heterocycles. The van der Waals surface area contributed by atoms with Crippen molar-refractivity contribution in [2.75, 3.05) is 7.11 Å². The summed E-state index contributed by atoms with van der Waals surface area (Å²) in [5.74, 6) is -0.356. The van der Waals surface area contributed by atoms with Crippen molar-refractivity contribution in [1.82, 2.24) is 0 Å². The van der Waals surface area contributed by atoms with Crippen LogP contribution in [0.4, 0.5) is 0 Å². The summed E-state index contributed by atoms with van der Waals surface area (Å²) >= 11 is 0. The molecule has 3 heteroatoms. The minimum atomic E-state index is -0.356. The van der Waals surface area contributed by atoms with Gasteiger partial charge in [0.2, 0.25) is 0 Å². The smallest absolute Gasteiger partial charge is 0.337 e. The summed E-state index contributed by atoms with van der Waals surface area (Å²) in [5, 5.41) is 0. The summed E-state index contributed by atoms with van der Waals surface area (Å²) in [7, 11) is 1.37. The molecule has 1 aromatic rings. The molecule has 0 saturated carbocycles. The second-order valence-electron chi connectivity index (χ2n) is 4.69. The van der Waals surface area contributed by atoms with E-state index in [1.54, 1.807) is 12.1 Å². The zero-order chi connectivity index (χ0) is 15.0. The SMILES string of the molecule is CCC/C(C=O)=C(\CCC)c1cccc(C(=O)OC)c1. The van der Waals surface area contributed by atoms with E-state index in [0.29, 0.717) is 5.56 Å². The Kier molecular flexibility index (Phi) is 6.71. The highest BCUT2D eigenvalue weighted by atomic mass is 16.5. The van der Waals surface area contributed by atoms with Crippen LogP contribution in [0.1, 0.15) is 55.5 Å². The average molecular weight is 274 g/mol. The lowest BCUT2D eigenvalue weighted by Gasteiger charge is -2.12. The largest absolute Gasteiger partial charge is 0.465 e. The number of rotatable bonds is 7. The Morgan fingerprint density at radius 2 is 1.80 bits per heavy atom. The molecule has 0 amide bonds. The molecule has 20 heavy (non-hydrogen) atoms. The minimum absolute atomic E-state index is 0.356. The van der Waals surface area contributed by atoms with Gasteiger partial charge in [-0.2, -0.15) is 0 Å². The maximum absolute atomic E-state index is 11.6. The highest BCUT2D eigenvalue weighted by Crippen LogP contribution is 2.26. The maximum atomic E-state index is 11.6. The third-order valence-electron chi connectivity index (χ3n) is 3.18. The molecule has 0 aliphatic rings. The number of ether oxygens (including phenoxy) is 1. The highest BCUT2D eigenvalue weighted by Gasteiger charge is 2.11. The van der Waals surface area contributed by atoms with Gasteiger partial charge in [-0.3, -0.25) is 4.79 Å². The Balaban J connectivity index is 3.27. The van der Waals surface area contributed by atoms with E-state index in [4.69, 9.17) is 4.74 Å². The molecule has 0 fully saturated rings. The standard InChI is InChI=1S/C17H22O3/c1-4-7-15(12-18)16(8-5-2)13-9-6-10-14(11-13)17(19)20-3/h6,9-12H,4-5,7-8H2,1-3H3/b16-15-. The third kappa shape index (κ3) is 4.05.